The van der Waals surface area contributed by atoms with Gasteiger partial charge in [0.2, 0.25) is 5.91 Å². The van der Waals surface area contributed by atoms with Crippen LogP contribution >= 0.6 is 0 Å². The first-order valence-corrected chi connectivity index (χ1v) is 10.2. The van der Waals surface area contributed by atoms with Gasteiger partial charge in [-0.25, -0.2) is 0 Å². The number of rotatable bonds is 3. The molecule has 0 aliphatic carbocycles. The number of carbonyl (C=O) groups excluding carboxylic acids is 1. The van der Waals surface area contributed by atoms with E-state index in [0.29, 0.717) is 0 Å². The molecule has 3 atom stereocenters. The molecule has 1 aliphatic heterocycles. The van der Waals surface area contributed by atoms with Gasteiger partial charge in [0.25, 0.3) is 0 Å². The van der Waals surface area contributed by atoms with Crippen molar-refractivity contribution < 1.29 is 15.0 Å². The topological polar surface area (TPSA) is 69.6 Å². The summed E-state index contributed by atoms with van der Waals surface area (Å²) < 4.78 is 0. The van der Waals surface area contributed by atoms with Crippen molar-refractivity contribution in [2.24, 2.45) is 0 Å². The Labute approximate surface area is 180 Å². The fraction of sp³-hybridized carbons (Fsp3) is 0.269. The second-order valence-corrected chi connectivity index (χ2v) is 6.82. The molecule has 4 heteroatoms. The zero-order valence-electron chi connectivity index (χ0n) is 17.8. The zero-order chi connectivity index (χ0) is 22.0. The summed E-state index contributed by atoms with van der Waals surface area (Å²) in [5.41, 5.74) is 0.782. The number of carbonyl (C=O) groups is 1. The van der Waals surface area contributed by atoms with Crippen LogP contribution in [0.4, 0.5) is 0 Å². The van der Waals surface area contributed by atoms with E-state index < -0.39 is 12.2 Å². The Morgan fingerprint density at radius 2 is 1.67 bits per heavy atom. The molecule has 4 nitrogen and oxygen atoms in total. The molecule has 0 aromatic heterocycles. The first-order chi connectivity index (χ1) is 14.5. The van der Waals surface area contributed by atoms with E-state index in [4.69, 9.17) is 0 Å². The predicted molar refractivity (Wildman–Crippen MR) is 126 cm³/mol. The first-order valence-electron chi connectivity index (χ1n) is 10.2. The average molecular weight is 408 g/mol. The summed E-state index contributed by atoms with van der Waals surface area (Å²) in [6.07, 6.45) is 30.2. The lowest BCUT2D eigenvalue weighted by Gasteiger charge is -2.14. The van der Waals surface area contributed by atoms with Crippen molar-refractivity contribution in [2.45, 2.75) is 44.9 Å². The van der Waals surface area contributed by atoms with Crippen LogP contribution in [0.15, 0.2) is 109 Å². The van der Waals surface area contributed by atoms with Gasteiger partial charge in [-0.15, -0.1) is 0 Å². The molecule has 1 rings (SSSR count). The summed E-state index contributed by atoms with van der Waals surface area (Å²) in [7, 11) is 0. The maximum Gasteiger partial charge on any atom is 0.244 e. The molecule has 3 N–H and O–H groups in total. The number of allylic oxidation sites excluding steroid dienone is 13. The van der Waals surface area contributed by atoms with Crippen LogP contribution in [-0.4, -0.2) is 34.4 Å². The van der Waals surface area contributed by atoms with Crippen LogP contribution in [0.2, 0.25) is 0 Å². The van der Waals surface area contributed by atoms with E-state index in [1.807, 2.05) is 68.5 Å². The van der Waals surface area contributed by atoms with Crippen molar-refractivity contribution >= 4 is 5.91 Å². The van der Waals surface area contributed by atoms with Gasteiger partial charge in [-0.1, -0.05) is 103 Å². The maximum atomic E-state index is 12.2. The number of amides is 1. The van der Waals surface area contributed by atoms with E-state index >= 15 is 0 Å². The number of hydrogen-bond acceptors (Lipinski definition) is 3. The summed E-state index contributed by atoms with van der Waals surface area (Å²) in [5.74, 6) is -0.160. The molecule has 3 unspecified atom stereocenters. The summed E-state index contributed by atoms with van der Waals surface area (Å²) in [4.78, 5) is 12.2. The van der Waals surface area contributed by atoms with Crippen LogP contribution in [0, 0.1) is 0 Å². The second kappa shape index (κ2) is 15.9. The Balaban J connectivity index is 2.95. The van der Waals surface area contributed by atoms with Crippen molar-refractivity contribution in [3.63, 3.8) is 0 Å². The largest absolute Gasteiger partial charge is 0.386 e. The molecule has 0 fully saturated rings. The van der Waals surface area contributed by atoms with Crippen LogP contribution in [-0.2, 0) is 4.79 Å². The smallest absolute Gasteiger partial charge is 0.244 e. The van der Waals surface area contributed by atoms with E-state index in [0.717, 1.165) is 18.4 Å². The van der Waals surface area contributed by atoms with Gasteiger partial charge in [0.1, 0.15) is 12.2 Å². The number of aliphatic hydroxyl groups is 2. The minimum atomic E-state index is -1.01. The highest BCUT2D eigenvalue weighted by atomic mass is 16.3. The summed E-state index contributed by atoms with van der Waals surface area (Å²) in [6.45, 7) is 3.78. The Morgan fingerprint density at radius 1 is 0.967 bits per heavy atom. The van der Waals surface area contributed by atoms with E-state index in [-0.39, 0.29) is 11.9 Å². The number of aliphatic hydroxyl groups excluding tert-OH is 2. The Bertz CT molecular complexity index is 776. The van der Waals surface area contributed by atoms with Gasteiger partial charge in [0.05, 0.1) is 0 Å². The summed E-state index contributed by atoms with van der Waals surface area (Å²) in [6, 6.07) is -0.000348. The molecule has 1 aliphatic rings. The lowest BCUT2D eigenvalue weighted by atomic mass is 10.1. The average Bonchev–Trinajstić information content (AvgIpc) is 2.71. The van der Waals surface area contributed by atoms with Gasteiger partial charge in [-0.2, -0.15) is 0 Å². The number of nitrogens with one attached hydrogen (secondary N) is 1. The monoisotopic (exact) mass is 407 g/mol. The molecule has 0 spiro atoms. The minimum Gasteiger partial charge on any atom is -0.386 e. The van der Waals surface area contributed by atoms with Gasteiger partial charge in [-0.3, -0.25) is 4.79 Å². The van der Waals surface area contributed by atoms with E-state index in [1.165, 1.54) is 12.2 Å². The zero-order valence-corrected chi connectivity index (χ0v) is 17.8. The third-order valence-electron chi connectivity index (χ3n) is 4.13. The molecule has 0 saturated carbocycles. The SMILES string of the molecule is CC=CC=CCC1CC=CC=CC=CC=CC(O)C(O)C=C(C)C=CC=CC(=O)N1. The maximum absolute atomic E-state index is 12.2. The van der Waals surface area contributed by atoms with Gasteiger partial charge in [0, 0.05) is 12.1 Å². The quantitative estimate of drug-likeness (QED) is 0.607. The van der Waals surface area contributed by atoms with Crippen molar-refractivity contribution in [2.75, 3.05) is 0 Å². The second-order valence-electron chi connectivity index (χ2n) is 6.82. The molecular weight excluding hydrogens is 374 g/mol. The van der Waals surface area contributed by atoms with Gasteiger partial charge in [-0.05, 0) is 26.7 Å². The molecule has 0 saturated heterocycles. The molecule has 1 heterocycles. The Hall–Kier alpha value is -2.95. The molecule has 1 amide bonds. The van der Waals surface area contributed by atoms with Gasteiger partial charge in [0.15, 0.2) is 0 Å². The predicted octanol–water partition coefficient (Wildman–Crippen LogP) is 4.40. The van der Waals surface area contributed by atoms with Crippen LogP contribution in [0.1, 0.15) is 26.7 Å². The molecular formula is C26H33NO3. The number of hydrogen-bond donors (Lipinski definition) is 3. The van der Waals surface area contributed by atoms with Crippen molar-refractivity contribution in [3.05, 3.63) is 109 Å². The lowest BCUT2D eigenvalue weighted by Crippen LogP contribution is -2.32. The molecule has 0 aromatic rings. The van der Waals surface area contributed by atoms with E-state index in [1.54, 1.807) is 36.5 Å². The third-order valence-corrected chi connectivity index (χ3v) is 4.13. The highest BCUT2D eigenvalue weighted by Crippen LogP contribution is 2.05. The standard InChI is InChI=1S/C26H33NO3/c1-3-4-5-11-17-23-18-12-9-7-6-8-10-13-19-24(28)25(29)21-22(2)16-14-15-20-26(30)27-23/h3-16,19-21,23-25,28-29H,17-18H2,1-2H3,(H,27,30). The van der Waals surface area contributed by atoms with Crippen molar-refractivity contribution in [3.8, 4) is 0 Å². The fourth-order valence-electron chi connectivity index (χ4n) is 2.54. The molecule has 160 valence electrons. The summed E-state index contributed by atoms with van der Waals surface area (Å²) >= 11 is 0. The van der Waals surface area contributed by atoms with Crippen LogP contribution in [0.25, 0.3) is 0 Å². The van der Waals surface area contributed by atoms with Crippen LogP contribution in [0.5, 0.6) is 0 Å². The van der Waals surface area contributed by atoms with Crippen molar-refractivity contribution in [1.82, 2.24) is 5.32 Å². The molecule has 30 heavy (non-hydrogen) atoms. The van der Waals surface area contributed by atoms with Gasteiger partial charge < -0.3 is 15.5 Å². The summed E-state index contributed by atoms with van der Waals surface area (Å²) in [5, 5.41) is 23.0. The Morgan fingerprint density at radius 3 is 2.43 bits per heavy atom. The normalized spacial score (nSPS) is 24.5. The van der Waals surface area contributed by atoms with Gasteiger partial charge >= 0.3 is 0 Å². The Kier molecular flexibility index (Phi) is 13.3. The third kappa shape index (κ3) is 12.5. The van der Waals surface area contributed by atoms with E-state index in [2.05, 4.69) is 5.32 Å². The highest BCUT2D eigenvalue weighted by molar-refractivity contribution is 5.88. The highest BCUT2D eigenvalue weighted by Gasteiger charge is 2.09. The van der Waals surface area contributed by atoms with E-state index in [9.17, 15) is 15.0 Å². The minimum absolute atomic E-state index is 0.000348. The molecule has 0 bridgehead atoms. The van der Waals surface area contributed by atoms with Crippen molar-refractivity contribution in [1.29, 1.82) is 0 Å². The molecule has 0 aromatic carbocycles. The lowest BCUT2D eigenvalue weighted by molar-refractivity contribution is -0.117. The van der Waals surface area contributed by atoms with Crippen LogP contribution in [0.3, 0.4) is 0 Å². The fourth-order valence-corrected chi connectivity index (χ4v) is 2.54. The first kappa shape index (κ1) is 25.1. The molecule has 0 radical (unpaired) electrons. The van der Waals surface area contributed by atoms with Crippen LogP contribution < -0.4 is 5.32 Å².